The fraction of sp³-hybridized carbons (Fsp3) is 0.312. The Bertz CT molecular complexity index is 1930. The van der Waals surface area contributed by atoms with Gasteiger partial charge in [0, 0.05) is 19.0 Å². The normalized spacial score (nSPS) is 11.7. The van der Waals surface area contributed by atoms with E-state index in [1.54, 1.807) is 13.8 Å². The van der Waals surface area contributed by atoms with Crippen LogP contribution in [0.1, 0.15) is 49.9 Å². The van der Waals surface area contributed by atoms with Gasteiger partial charge in [-0.05, 0) is 70.7 Å². The Morgan fingerprint density at radius 3 is 1.55 bits per heavy atom. The van der Waals surface area contributed by atoms with E-state index in [0.717, 1.165) is 28.9 Å². The lowest BCUT2D eigenvalue weighted by Gasteiger charge is -2.24. The molecule has 0 fully saturated rings. The molecule has 0 bridgehead atoms. The number of carbonyl (C=O) groups is 2. The molecule has 0 atom stereocenters. The Labute approximate surface area is 311 Å². The van der Waals surface area contributed by atoms with E-state index < -0.39 is 62.4 Å². The molecule has 0 aliphatic carbocycles. The number of nitrogens with one attached hydrogen (secondary N) is 1. The van der Waals surface area contributed by atoms with Gasteiger partial charge in [-0.3, -0.25) is 19.4 Å². The van der Waals surface area contributed by atoms with Crippen LogP contribution in [0.4, 0.5) is 46.5 Å². The fourth-order valence-electron chi connectivity index (χ4n) is 3.83. The SMILES string of the molecule is Fc1[nH]ncc1Br.[C-]#[N+]c1ccc(CC(=O)C(C)(C)Br)cc1C(F)(F)F.[C-]#[N+]c1ccc(CC(=O)C(C)(C)n2cc(Br)c(F)n2)cc1C(F)(F)F. The van der Waals surface area contributed by atoms with Crippen molar-refractivity contribution >= 4 is 70.7 Å². The molecule has 1 N–H and O–H groups in total. The lowest BCUT2D eigenvalue weighted by Crippen LogP contribution is -2.37. The molecule has 4 aromatic rings. The number of rotatable bonds is 7. The number of carbonyl (C=O) groups excluding carboxylic acids is 2. The summed E-state index contributed by atoms with van der Waals surface area (Å²) in [6.45, 7) is 19.8. The first-order valence-corrected chi connectivity index (χ1v) is 16.4. The van der Waals surface area contributed by atoms with Crippen molar-refractivity contribution in [2.45, 2.75) is 62.8 Å². The molecule has 51 heavy (non-hydrogen) atoms. The summed E-state index contributed by atoms with van der Waals surface area (Å²) < 4.78 is 103. The second kappa shape index (κ2) is 17.1. The van der Waals surface area contributed by atoms with Gasteiger partial charge in [-0.2, -0.15) is 40.2 Å². The molecule has 0 unspecified atom stereocenters. The number of benzene rings is 2. The first kappa shape index (κ1) is 43.2. The molecule has 0 saturated carbocycles. The fourth-order valence-corrected chi connectivity index (χ4v) is 4.44. The number of hydrogen-bond acceptors (Lipinski definition) is 4. The number of aromatic amines is 1. The minimum Gasteiger partial charge on any atom is -0.298 e. The van der Waals surface area contributed by atoms with Crippen molar-refractivity contribution in [2.75, 3.05) is 0 Å². The molecule has 2 aromatic carbocycles. The molecule has 0 aliphatic heterocycles. The van der Waals surface area contributed by atoms with Crippen molar-refractivity contribution in [1.29, 1.82) is 0 Å². The monoisotopic (exact) mass is 914 g/mol. The van der Waals surface area contributed by atoms with Crippen LogP contribution in [-0.2, 0) is 40.3 Å². The highest BCUT2D eigenvalue weighted by atomic mass is 79.9. The number of aromatic nitrogens is 4. The van der Waals surface area contributed by atoms with Crippen LogP contribution in [0, 0.1) is 25.0 Å². The van der Waals surface area contributed by atoms with E-state index in [4.69, 9.17) is 13.1 Å². The minimum absolute atomic E-state index is 0.0779. The molecular formula is C32H25Br3F8N6O2. The van der Waals surface area contributed by atoms with E-state index in [9.17, 15) is 44.7 Å². The summed E-state index contributed by atoms with van der Waals surface area (Å²) in [7, 11) is 0. The standard InChI is InChI=1S/C16H12BrF4N3O.C13H11BrF3NO.C3H2BrFN2/c1-15(2,24-8-11(17)14(18)23-24)13(25)7-9-4-5-12(22-3)10(6-9)16(19,20)21;1-12(2,14)11(19)7-8-4-5-10(18-3)9(6-8)13(15,16)17;4-2-1-6-7-3(2)5/h4-6,8H,7H2,1-2H3;4-6H,7H2,1-2H3;1H,(H,6,7). The molecule has 8 nitrogen and oxygen atoms in total. The van der Waals surface area contributed by atoms with Crippen LogP contribution in [0.3, 0.4) is 0 Å². The molecule has 2 aromatic heterocycles. The number of hydrogen-bond donors (Lipinski definition) is 1. The average molecular weight is 917 g/mol. The van der Waals surface area contributed by atoms with Gasteiger partial charge in [0.1, 0.15) is 5.54 Å². The number of H-pyrrole nitrogens is 1. The molecule has 0 saturated heterocycles. The summed E-state index contributed by atoms with van der Waals surface area (Å²) in [5, 5.41) is 9.07. The van der Waals surface area contributed by atoms with Gasteiger partial charge < -0.3 is 0 Å². The zero-order chi connectivity index (χ0) is 39.1. The lowest BCUT2D eigenvalue weighted by molar-refractivity contribution is -0.137. The number of ketones is 2. The van der Waals surface area contributed by atoms with E-state index >= 15 is 0 Å². The third-order valence-electron chi connectivity index (χ3n) is 6.80. The average Bonchev–Trinajstić information content (AvgIpc) is 3.58. The van der Waals surface area contributed by atoms with Gasteiger partial charge in [0.2, 0.25) is 11.9 Å². The van der Waals surface area contributed by atoms with Gasteiger partial charge in [0.25, 0.3) is 0 Å². The van der Waals surface area contributed by atoms with Gasteiger partial charge >= 0.3 is 12.4 Å². The topological polar surface area (TPSA) is 89.4 Å². The molecule has 4 rings (SSSR count). The molecule has 0 spiro atoms. The highest BCUT2D eigenvalue weighted by Crippen LogP contribution is 2.38. The van der Waals surface area contributed by atoms with Gasteiger partial charge in [-0.15, -0.1) is 5.10 Å². The van der Waals surface area contributed by atoms with Gasteiger partial charge in [-0.25, -0.2) is 9.69 Å². The highest BCUT2D eigenvalue weighted by Gasteiger charge is 2.36. The molecule has 0 radical (unpaired) electrons. The van der Waals surface area contributed by atoms with E-state index in [1.165, 1.54) is 38.4 Å². The summed E-state index contributed by atoms with van der Waals surface area (Å²) in [6, 6.07) is 6.47. The minimum atomic E-state index is -4.69. The zero-order valence-corrected chi connectivity index (χ0v) is 31.5. The second-order valence-corrected chi connectivity index (χ2v) is 15.1. The van der Waals surface area contributed by atoms with Crippen LogP contribution in [0.2, 0.25) is 0 Å². The predicted molar refractivity (Wildman–Crippen MR) is 181 cm³/mol. The van der Waals surface area contributed by atoms with Gasteiger partial charge in [0.15, 0.2) is 22.9 Å². The molecule has 272 valence electrons. The highest BCUT2D eigenvalue weighted by molar-refractivity contribution is 9.11. The predicted octanol–water partition coefficient (Wildman–Crippen LogP) is 10.8. The van der Waals surface area contributed by atoms with Gasteiger partial charge in [0.05, 0.1) is 43.7 Å². The number of alkyl halides is 7. The Kier molecular flexibility index (Phi) is 14.5. The molecule has 0 aliphatic rings. The quantitative estimate of drug-likeness (QED) is 0.114. The molecular weight excluding hydrogens is 892 g/mol. The van der Waals surface area contributed by atoms with E-state index in [0.29, 0.717) is 4.47 Å². The maximum atomic E-state index is 13.4. The summed E-state index contributed by atoms with van der Waals surface area (Å²) in [5.41, 5.74) is -3.97. The first-order chi connectivity index (χ1) is 23.3. The zero-order valence-electron chi connectivity index (χ0n) is 26.7. The Balaban J connectivity index is 0.000000304. The third kappa shape index (κ3) is 12.1. The maximum Gasteiger partial charge on any atom is 0.407 e. The van der Waals surface area contributed by atoms with E-state index in [2.05, 4.69) is 72.8 Å². The van der Waals surface area contributed by atoms with Crippen LogP contribution in [0.5, 0.6) is 0 Å². The largest absolute Gasteiger partial charge is 0.407 e. The Hall–Kier alpha value is -3.94. The van der Waals surface area contributed by atoms with Crippen LogP contribution >= 0.6 is 47.8 Å². The van der Waals surface area contributed by atoms with Crippen LogP contribution < -0.4 is 0 Å². The van der Waals surface area contributed by atoms with E-state index in [1.807, 2.05) is 0 Å². The molecule has 0 amide bonds. The van der Waals surface area contributed by atoms with Crippen molar-refractivity contribution in [2.24, 2.45) is 0 Å². The summed E-state index contributed by atoms with van der Waals surface area (Å²) in [5.74, 6) is -1.90. The Morgan fingerprint density at radius 1 is 0.804 bits per heavy atom. The van der Waals surface area contributed by atoms with Crippen molar-refractivity contribution in [3.8, 4) is 0 Å². The van der Waals surface area contributed by atoms with Crippen molar-refractivity contribution < 1.29 is 44.7 Å². The maximum absolute atomic E-state index is 13.4. The van der Waals surface area contributed by atoms with Crippen molar-refractivity contribution in [3.63, 3.8) is 0 Å². The van der Waals surface area contributed by atoms with Crippen LogP contribution in [0.25, 0.3) is 9.69 Å². The first-order valence-electron chi connectivity index (χ1n) is 14.0. The number of halogens is 11. The van der Waals surface area contributed by atoms with Crippen LogP contribution in [-0.4, -0.2) is 35.9 Å². The van der Waals surface area contributed by atoms with Gasteiger partial charge in [-0.1, -0.05) is 52.3 Å². The number of nitrogens with zero attached hydrogens (tertiary/aromatic N) is 5. The smallest absolute Gasteiger partial charge is 0.298 e. The molecule has 19 heteroatoms. The second-order valence-electron chi connectivity index (χ2n) is 11.4. The third-order valence-corrected chi connectivity index (χ3v) is 8.33. The summed E-state index contributed by atoms with van der Waals surface area (Å²) in [6.07, 6.45) is -7.06. The van der Waals surface area contributed by atoms with E-state index in [-0.39, 0.29) is 34.2 Å². The van der Waals surface area contributed by atoms with Crippen molar-refractivity contribution in [3.05, 3.63) is 115 Å². The lowest BCUT2D eigenvalue weighted by atomic mass is 9.93. The number of Topliss-reactive ketones (excluding diaryl/α,β-unsaturated/α-hetero) is 2. The summed E-state index contributed by atoms with van der Waals surface area (Å²) in [4.78, 5) is 30.0. The van der Waals surface area contributed by atoms with Crippen molar-refractivity contribution in [1.82, 2.24) is 20.0 Å². The molecule has 2 heterocycles. The van der Waals surface area contributed by atoms with Crippen LogP contribution in [0.15, 0.2) is 57.7 Å². The Morgan fingerprint density at radius 2 is 1.25 bits per heavy atom. The summed E-state index contributed by atoms with van der Waals surface area (Å²) >= 11 is 9.01.